The number of aromatic nitrogens is 1. The summed E-state index contributed by atoms with van der Waals surface area (Å²) in [6.45, 7) is 2.83. The molecule has 0 saturated carbocycles. The minimum Gasteiger partial charge on any atom is -1.00 e. The van der Waals surface area contributed by atoms with Gasteiger partial charge in [-0.25, -0.2) is 8.42 Å². The van der Waals surface area contributed by atoms with Gasteiger partial charge >= 0.3 is 0 Å². The minimum absolute atomic E-state index is 0. The second kappa shape index (κ2) is 9.36. The number of carbonyl (C=O) groups is 1. The lowest BCUT2D eigenvalue weighted by Crippen LogP contribution is -3.00. The third kappa shape index (κ3) is 5.21. The van der Waals surface area contributed by atoms with Crippen LogP contribution >= 0.6 is 0 Å². The Labute approximate surface area is 171 Å². The van der Waals surface area contributed by atoms with E-state index in [-0.39, 0.29) is 35.5 Å². The van der Waals surface area contributed by atoms with Crippen molar-refractivity contribution in [1.82, 2.24) is 4.31 Å². The first-order valence-electron chi connectivity index (χ1n) is 8.95. The SMILES string of the molecule is Cc1ccc(NC(=O)C[n+]2cccc(O)c2)cc1S(=O)(=O)N1CCCCC1.[Cl-]. The number of rotatable bonds is 5. The third-order valence-electron chi connectivity index (χ3n) is 4.57. The van der Waals surface area contributed by atoms with Gasteiger partial charge in [-0.3, -0.25) is 4.79 Å². The molecule has 2 N–H and O–H groups in total. The highest BCUT2D eigenvalue weighted by molar-refractivity contribution is 7.89. The molecule has 1 aromatic carbocycles. The van der Waals surface area contributed by atoms with Crippen molar-refractivity contribution in [3.8, 4) is 5.75 Å². The largest absolute Gasteiger partial charge is 1.00 e. The van der Waals surface area contributed by atoms with Crippen molar-refractivity contribution in [2.45, 2.75) is 37.6 Å². The number of amides is 1. The molecular formula is C19H24ClN3O4S. The van der Waals surface area contributed by atoms with Gasteiger partial charge in [0, 0.05) is 24.8 Å². The molecule has 2 aromatic rings. The smallest absolute Gasteiger partial charge is 0.290 e. The van der Waals surface area contributed by atoms with Crippen molar-refractivity contribution in [2.75, 3.05) is 18.4 Å². The van der Waals surface area contributed by atoms with Crippen molar-refractivity contribution in [3.63, 3.8) is 0 Å². The second-order valence-electron chi connectivity index (χ2n) is 6.73. The molecule has 28 heavy (non-hydrogen) atoms. The molecular weight excluding hydrogens is 402 g/mol. The Kier molecular flexibility index (Phi) is 7.40. The van der Waals surface area contributed by atoms with Gasteiger partial charge in [-0.1, -0.05) is 12.5 Å². The molecule has 7 nitrogen and oxygen atoms in total. The van der Waals surface area contributed by atoms with E-state index in [1.807, 2.05) is 0 Å². The number of sulfonamides is 1. The van der Waals surface area contributed by atoms with Crippen molar-refractivity contribution >= 4 is 21.6 Å². The maximum absolute atomic E-state index is 13.0. The average molecular weight is 426 g/mol. The number of hydrogen-bond acceptors (Lipinski definition) is 4. The number of nitrogens with zero attached hydrogens (tertiary/aromatic N) is 2. The van der Waals surface area contributed by atoms with Gasteiger partial charge in [0.2, 0.25) is 22.8 Å². The van der Waals surface area contributed by atoms with E-state index in [0.717, 1.165) is 19.3 Å². The molecule has 152 valence electrons. The van der Waals surface area contributed by atoms with E-state index >= 15 is 0 Å². The van der Waals surface area contributed by atoms with Crippen molar-refractivity contribution in [2.24, 2.45) is 0 Å². The summed E-state index contributed by atoms with van der Waals surface area (Å²) in [6, 6.07) is 8.07. The zero-order chi connectivity index (χ0) is 19.4. The minimum atomic E-state index is -3.57. The summed E-state index contributed by atoms with van der Waals surface area (Å²) in [7, 11) is -3.57. The lowest BCUT2D eigenvalue weighted by Gasteiger charge is -2.26. The van der Waals surface area contributed by atoms with Crippen LogP contribution < -0.4 is 22.3 Å². The van der Waals surface area contributed by atoms with Crippen LogP contribution in [0.1, 0.15) is 24.8 Å². The summed E-state index contributed by atoms with van der Waals surface area (Å²) >= 11 is 0. The van der Waals surface area contributed by atoms with Gasteiger partial charge in [-0.05, 0) is 43.5 Å². The quantitative estimate of drug-likeness (QED) is 0.589. The van der Waals surface area contributed by atoms with E-state index < -0.39 is 10.0 Å². The molecule has 0 unspecified atom stereocenters. The van der Waals surface area contributed by atoms with Crippen LogP contribution in [0, 0.1) is 6.92 Å². The van der Waals surface area contributed by atoms with E-state index in [1.165, 1.54) is 22.6 Å². The summed E-state index contributed by atoms with van der Waals surface area (Å²) in [5.41, 5.74) is 1.09. The van der Waals surface area contributed by atoms with Crippen LogP contribution in [0.3, 0.4) is 0 Å². The van der Waals surface area contributed by atoms with Gasteiger partial charge in [0.05, 0.1) is 4.90 Å². The number of halogens is 1. The van der Waals surface area contributed by atoms with Crippen LogP contribution in [0.15, 0.2) is 47.6 Å². The molecule has 9 heteroatoms. The molecule has 1 saturated heterocycles. The average Bonchev–Trinajstić information content (AvgIpc) is 2.64. The Morgan fingerprint density at radius 1 is 1.21 bits per heavy atom. The molecule has 1 aromatic heterocycles. The lowest BCUT2D eigenvalue weighted by molar-refractivity contribution is -0.684. The number of carbonyl (C=O) groups excluding carboxylic acids is 1. The highest BCUT2D eigenvalue weighted by Gasteiger charge is 2.27. The van der Waals surface area contributed by atoms with Gasteiger partial charge in [-0.15, -0.1) is 0 Å². The fourth-order valence-corrected chi connectivity index (χ4v) is 4.94. The topological polar surface area (TPSA) is 90.6 Å². The Morgan fingerprint density at radius 2 is 1.93 bits per heavy atom. The summed E-state index contributed by atoms with van der Waals surface area (Å²) in [6.07, 6.45) is 5.90. The summed E-state index contributed by atoms with van der Waals surface area (Å²) in [5, 5.41) is 12.2. The normalized spacial score (nSPS) is 14.9. The molecule has 0 radical (unpaired) electrons. The Hall–Kier alpha value is -2.16. The first-order chi connectivity index (χ1) is 12.9. The zero-order valence-electron chi connectivity index (χ0n) is 15.6. The number of benzene rings is 1. The number of piperidine rings is 1. The molecule has 1 aliphatic rings. The third-order valence-corrected chi connectivity index (χ3v) is 6.61. The molecule has 0 spiro atoms. The number of pyridine rings is 1. The second-order valence-corrected chi connectivity index (χ2v) is 8.63. The first kappa shape index (κ1) is 22.1. The Bertz CT molecular complexity index is 944. The lowest BCUT2D eigenvalue weighted by atomic mass is 10.2. The zero-order valence-corrected chi connectivity index (χ0v) is 17.2. The van der Waals surface area contributed by atoms with Crippen molar-refractivity contribution in [1.29, 1.82) is 0 Å². The Morgan fingerprint density at radius 3 is 2.61 bits per heavy atom. The van der Waals surface area contributed by atoms with E-state index in [4.69, 9.17) is 0 Å². The maximum Gasteiger partial charge on any atom is 0.290 e. The van der Waals surface area contributed by atoms with E-state index in [1.54, 1.807) is 35.9 Å². The molecule has 1 amide bonds. The van der Waals surface area contributed by atoms with E-state index in [9.17, 15) is 18.3 Å². The van der Waals surface area contributed by atoms with Crippen LogP contribution in [0.4, 0.5) is 5.69 Å². The van der Waals surface area contributed by atoms with E-state index in [2.05, 4.69) is 5.32 Å². The predicted molar refractivity (Wildman–Crippen MR) is 101 cm³/mol. The maximum atomic E-state index is 13.0. The summed E-state index contributed by atoms with van der Waals surface area (Å²) < 4.78 is 29.0. The van der Waals surface area contributed by atoms with E-state index in [0.29, 0.717) is 24.3 Å². The molecule has 1 fully saturated rings. The van der Waals surface area contributed by atoms with Crippen LogP contribution in [0.2, 0.25) is 0 Å². The predicted octanol–water partition coefficient (Wildman–Crippen LogP) is -1.19. The van der Waals surface area contributed by atoms with Crippen LogP contribution in [-0.4, -0.2) is 36.8 Å². The first-order valence-corrected chi connectivity index (χ1v) is 10.4. The molecule has 0 bridgehead atoms. The monoisotopic (exact) mass is 425 g/mol. The highest BCUT2D eigenvalue weighted by atomic mass is 35.5. The van der Waals surface area contributed by atoms with Crippen molar-refractivity contribution < 1.29 is 35.3 Å². The van der Waals surface area contributed by atoms with Gasteiger partial charge in [-0.2, -0.15) is 8.87 Å². The number of aromatic hydroxyl groups is 1. The summed E-state index contributed by atoms with van der Waals surface area (Å²) in [5.74, 6) is -0.244. The van der Waals surface area contributed by atoms with Gasteiger partial charge < -0.3 is 22.8 Å². The molecule has 0 aliphatic carbocycles. The number of hydrogen-bond donors (Lipinski definition) is 2. The van der Waals surface area contributed by atoms with Crippen LogP contribution in [0.5, 0.6) is 5.75 Å². The molecule has 2 heterocycles. The van der Waals surface area contributed by atoms with Gasteiger partial charge in [0.1, 0.15) is 0 Å². The summed E-state index contributed by atoms with van der Waals surface area (Å²) in [4.78, 5) is 12.5. The number of anilines is 1. The van der Waals surface area contributed by atoms with Gasteiger partial charge in [0.15, 0.2) is 11.9 Å². The molecule has 3 rings (SSSR count). The fourth-order valence-electron chi connectivity index (χ4n) is 3.17. The Balaban J connectivity index is 0.00000280. The van der Waals surface area contributed by atoms with Gasteiger partial charge in [0.25, 0.3) is 5.91 Å². The standard InChI is InChI=1S/C19H23N3O4S.ClH/c1-15-7-8-16(20-19(24)14-21-9-5-6-17(23)13-21)12-18(15)27(25,26)22-10-3-2-4-11-22;/h5-9,12-13H,2-4,10-11,14H2,1H3,(H-,20,23,24);1H. The molecule has 1 aliphatic heterocycles. The molecule has 0 atom stereocenters. The van der Waals surface area contributed by atoms with Crippen molar-refractivity contribution in [3.05, 3.63) is 48.3 Å². The van der Waals surface area contributed by atoms with Crippen LogP contribution in [0.25, 0.3) is 0 Å². The number of aryl methyl sites for hydroxylation is 1. The number of nitrogens with one attached hydrogen (secondary N) is 1. The van der Waals surface area contributed by atoms with Crippen LogP contribution in [-0.2, 0) is 21.4 Å². The highest BCUT2D eigenvalue weighted by Crippen LogP contribution is 2.26. The fraction of sp³-hybridized carbons (Fsp3) is 0.368.